The lowest BCUT2D eigenvalue weighted by molar-refractivity contribution is 0.0954. The summed E-state index contributed by atoms with van der Waals surface area (Å²) in [5, 5.41) is 5.03. The number of nitrogens with zero attached hydrogens (tertiary/aromatic N) is 2. The Hall–Kier alpha value is -2.97. The summed E-state index contributed by atoms with van der Waals surface area (Å²) in [5.41, 5.74) is 3.90. The van der Waals surface area contributed by atoms with Crippen LogP contribution in [0.15, 0.2) is 69.0 Å². The zero-order chi connectivity index (χ0) is 21.0. The maximum atomic E-state index is 12.7. The second-order valence-corrected chi connectivity index (χ2v) is 8.34. The second-order valence-electron chi connectivity index (χ2n) is 6.40. The van der Waals surface area contributed by atoms with Gasteiger partial charge in [-0.15, -0.1) is 0 Å². The fraction of sp³-hybridized carbons (Fsp3) is 0.238. The molecule has 0 aliphatic rings. The Morgan fingerprint density at radius 2 is 1.79 bits per heavy atom. The summed E-state index contributed by atoms with van der Waals surface area (Å²) in [4.78, 5) is 12.6. The number of nitrogens with one attached hydrogen (secondary N) is 1. The fourth-order valence-corrected chi connectivity index (χ4v) is 4.43. The van der Waals surface area contributed by atoms with E-state index in [1.165, 1.54) is 16.4 Å². The van der Waals surface area contributed by atoms with Crippen LogP contribution in [0.3, 0.4) is 0 Å². The molecule has 0 aliphatic carbocycles. The summed E-state index contributed by atoms with van der Waals surface area (Å²) in [6, 6.07) is 15.3. The van der Waals surface area contributed by atoms with Gasteiger partial charge in [0.05, 0.1) is 4.90 Å². The number of carbonyl (C=O) groups excluding carboxylic acids is 1. The zero-order valence-corrected chi connectivity index (χ0v) is 17.4. The van der Waals surface area contributed by atoms with E-state index in [9.17, 15) is 13.2 Å². The van der Waals surface area contributed by atoms with E-state index >= 15 is 0 Å². The van der Waals surface area contributed by atoms with Gasteiger partial charge in [-0.2, -0.15) is 9.41 Å². The molecule has 3 rings (SSSR count). The number of furan rings is 1. The van der Waals surface area contributed by atoms with Crippen molar-refractivity contribution in [3.05, 3.63) is 65.9 Å². The van der Waals surface area contributed by atoms with Crippen molar-refractivity contribution in [2.75, 3.05) is 13.1 Å². The Morgan fingerprint density at radius 3 is 2.48 bits per heavy atom. The van der Waals surface area contributed by atoms with Gasteiger partial charge in [0, 0.05) is 24.0 Å². The minimum Gasteiger partial charge on any atom is -0.455 e. The molecular weight excluding hydrogens is 390 g/mol. The molecule has 8 heteroatoms. The van der Waals surface area contributed by atoms with E-state index in [0.717, 1.165) is 11.0 Å². The van der Waals surface area contributed by atoms with Crippen LogP contribution in [0.5, 0.6) is 0 Å². The summed E-state index contributed by atoms with van der Waals surface area (Å²) in [6.45, 7) is 5.98. The molecule has 2 aromatic carbocycles. The van der Waals surface area contributed by atoms with Gasteiger partial charge in [-0.05, 0) is 37.3 Å². The minimum atomic E-state index is -3.64. The summed E-state index contributed by atoms with van der Waals surface area (Å²) in [5.74, 6) is 0.0430. The van der Waals surface area contributed by atoms with E-state index in [2.05, 4.69) is 10.5 Å². The molecule has 1 heterocycles. The predicted molar refractivity (Wildman–Crippen MR) is 112 cm³/mol. The van der Waals surface area contributed by atoms with Crippen molar-refractivity contribution in [1.82, 2.24) is 9.73 Å². The van der Waals surface area contributed by atoms with Crippen molar-refractivity contribution in [1.29, 1.82) is 0 Å². The van der Waals surface area contributed by atoms with Gasteiger partial charge < -0.3 is 4.42 Å². The molecule has 1 aromatic heterocycles. The van der Waals surface area contributed by atoms with Crippen LogP contribution >= 0.6 is 0 Å². The monoisotopic (exact) mass is 413 g/mol. The number of para-hydroxylation sites is 1. The first-order valence-corrected chi connectivity index (χ1v) is 10.7. The van der Waals surface area contributed by atoms with E-state index in [1.54, 1.807) is 32.9 Å². The standard InChI is InChI=1S/C21H23N3O4S/c1-4-24(5-2)29(26,27)18-11-8-10-17(13-18)21(25)23-22-15(3)20-14-16-9-6-7-12-19(16)28-20/h6-14H,4-5H2,1-3H3,(H,23,25). The van der Waals surface area contributed by atoms with Gasteiger partial charge in [0.1, 0.15) is 11.3 Å². The molecule has 0 fully saturated rings. The van der Waals surface area contributed by atoms with Crippen LogP contribution in [-0.4, -0.2) is 37.4 Å². The maximum Gasteiger partial charge on any atom is 0.271 e. The Kier molecular flexibility index (Phi) is 6.14. The zero-order valence-electron chi connectivity index (χ0n) is 16.5. The molecule has 0 unspecified atom stereocenters. The van der Waals surface area contributed by atoms with Gasteiger partial charge in [-0.3, -0.25) is 4.79 Å². The highest BCUT2D eigenvalue weighted by Crippen LogP contribution is 2.19. The molecule has 0 radical (unpaired) electrons. The highest BCUT2D eigenvalue weighted by molar-refractivity contribution is 7.89. The quantitative estimate of drug-likeness (QED) is 0.473. The minimum absolute atomic E-state index is 0.0758. The predicted octanol–water partition coefficient (Wildman–Crippen LogP) is 3.62. The number of hydrogen-bond donors (Lipinski definition) is 1. The van der Waals surface area contributed by atoms with Crippen LogP contribution in [0.2, 0.25) is 0 Å². The van der Waals surface area contributed by atoms with Crippen molar-refractivity contribution in [2.24, 2.45) is 5.10 Å². The second kappa shape index (κ2) is 8.59. The van der Waals surface area contributed by atoms with Gasteiger partial charge in [-0.1, -0.05) is 38.1 Å². The first kappa shape index (κ1) is 20.8. The van der Waals surface area contributed by atoms with E-state index in [0.29, 0.717) is 24.6 Å². The van der Waals surface area contributed by atoms with E-state index in [-0.39, 0.29) is 10.5 Å². The molecule has 1 N–H and O–H groups in total. The lowest BCUT2D eigenvalue weighted by Gasteiger charge is -2.18. The van der Waals surface area contributed by atoms with Crippen LogP contribution in [-0.2, 0) is 10.0 Å². The molecule has 0 aliphatic heterocycles. The summed E-state index contributed by atoms with van der Waals surface area (Å²) in [7, 11) is -3.64. The molecule has 29 heavy (non-hydrogen) atoms. The summed E-state index contributed by atoms with van der Waals surface area (Å²) >= 11 is 0. The maximum absolute atomic E-state index is 12.7. The van der Waals surface area contributed by atoms with E-state index in [4.69, 9.17) is 4.42 Å². The van der Waals surface area contributed by atoms with Crippen LogP contribution in [0.4, 0.5) is 0 Å². The van der Waals surface area contributed by atoms with Crippen LogP contribution in [0.25, 0.3) is 11.0 Å². The van der Waals surface area contributed by atoms with Crippen LogP contribution in [0, 0.1) is 0 Å². The largest absolute Gasteiger partial charge is 0.455 e. The molecule has 3 aromatic rings. The number of fused-ring (bicyclic) bond motifs is 1. The topological polar surface area (TPSA) is 92.0 Å². The number of hydrazone groups is 1. The van der Waals surface area contributed by atoms with Crippen molar-refractivity contribution in [3.8, 4) is 0 Å². The Morgan fingerprint density at radius 1 is 1.07 bits per heavy atom. The van der Waals surface area contributed by atoms with Crippen molar-refractivity contribution in [2.45, 2.75) is 25.7 Å². The third-order valence-corrected chi connectivity index (χ3v) is 6.59. The molecule has 152 valence electrons. The SMILES string of the molecule is CCN(CC)S(=O)(=O)c1cccc(C(=O)NN=C(C)c2cc3ccccc3o2)c1. The molecule has 0 atom stereocenters. The lowest BCUT2D eigenvalue weighted by Crippen LogP contribution is -2.30. The van der Waals surface area contributed by atoms with Gasteiger partial charge in [0.2, 0.25) is 10.0 Å². The number of rotatable bonds is 7. The summed E-state index contributed by atoms with van der Waals surface area (Å²) in [6.07, 6.45) is 0. The molecule has 0 saturated heterocycles. The average Bonchev–Trinajstić information content (AvgIpc) is 3.17. The van der Waals surface area contributed by atoms with E-state index < -0.39 is 15.9 Å². The first-order chi connectivity index (χ1) is 13.9. The van der Waals surface area contributed by atoms with Gasteiger partial charge >= 0.3 is 0 Å². The normalized spacial score (nSPS) is 12.5. The fourth-order valence-electron chi connectivity index (χ4n) is 2.92. The molecule has 1 amide bonds. The number of carbonyl (C=O) groups is 1. The molecule has 7 nitrogen and oxygen atoms in total. The Balaban J connectivity index is 1.79. The Bertz CT molecular complexity index is 1130. The highest BCUT2D eigenvalue weighted by atomic mass is 32.2. The molecular formula is C21H23N3O4S. The third kappa shape index (κ3) is 4.38. The van der Waals surface area contributed by atoms with Crippen molar-refractivity contribution >= 4 is 32.6 Å². The van der Waals surface area contributed by atoms with Crippen molar-refractivity contribution < 1.29 is 17.6 Å². The van der Waals surface area contributed by atoms with E-state index in [1.807, 2.05) is 30.3 Å². The van der Waals surface area contributed by atoms with Gasteiger partial charge in [0.25, 0.3) is 5.91 Å². The number of amides is 1. The number of hydrogen-bond acceptors (Lipinski definition) is 5. The average molecular weight is 413 g/mol. The molecule has 0 saturated carbocycles. The third-order valence-electron chi connectivity index (χ3n) is 4.55. The lowest BCUT2D eigenvalue weighted by atomic mass is 10.2. The highest BCUT2D eigenvalue weighted by Gasteiger charge is 2.22. The van der Waals surface area contributed by atoms with Crippen LogP contribution < -0.4 is 5.43 Å². The van der Waals surface area contributed by atoms with Crippen LogP contribution in [0.1, 0.15) is 36.9 Å². The smallest absolute Gasteiger partial charge is 0.271 e. The summed E-state index contributed by atoms with van der Waals surface area (Å²) < 4.78 is 32.4. The van der Waals surface area contributed by atoms with Gasteiger partial charge in [0.15, 0.2) is 5.76 Å². The first-order valence-electron chi connectivity index (χ1n) is 9.30. The number of benzene rings is 2. The van der Waals surface area contributed by atoms with Gasteiger partial charge in [-0.25, -0.2) is 13.8 Å². The Labute approximate surface area is 170 Å². The number of sulfonamides is 1. The molecule has 0 spiro atoms. The molecule has 0 bridgehead atoms. The van der Waals surface area contributed by atoms with Crippen molar-refractivity contribution in [3.63, 3.8) is 0 Å².